The van der Waals surface area contributed by atoms with Gasteiger partial charge in [-0.2, -0.15) is 4.98 Å². The summed E-state index contributed by atoms with van der Waals surface area (Å²) in [6.45, 7) is 7.85. The van der Waals surface area contributed by atoms with Gasteiger partial charge in [0.15, 0.2) is 11.6 Å². The fourth-order valence-electron chi connectivity index (χ4n) is 6.10. The van der Waals surface area contributed by atoms with Gasteiger partial charge in [0, 0.05) is 36.0 Å². The van der Waals surface area contributed by atoms with Crippen LogP contribution in [0.3, 0.4) is 0 Å². The fourth-order valence-corrected chi connectivity index (χ4v) is 6.10. The van der Waals surface area contributed by atoms with Crippen molar-refractivity contribution in [3.05, 3.63) is 106 Å². The molecule has 0 saturated carbocycles. The van der Waals surface area contributed by atoms with E-state index >= 15 is 4.39 Å². The molecule has 1 aliphatic heterocycles. The number of amides is 1. The summed E-state index contributed by atoms with van der Waals surface area (Å²) in [5, 5.41) is 13.4. The van der Waals surface area contributed by atoms with Crippen LogP contribution < -0.4 is 15.0 Å². The lowest BCUT2D eigenvalue weighted by Crippen LogP contribution is -2.36. The van der Waals surface area contributed by atoms with Crippen molar-refractivity contribution in [2.75, 3.05) is 37.0 Å². The minimum absolute atomic E-state index is 0.0205. The van der Waals surface area contributed by atoms with Gasteiger partial charge >= 0.3 is 6.09 Å². The number of hydrogen-bond acceptors (Lipinski definition) is 6. The average molecular weight is 620 g/mol. The van der Waals surface area contributed by atoms with E-state index in [2.05, 4.69) is 27.2 Å². The molecule has 2 heterocycles. The van der Waals surface area contributed by atoms with Gasteiger partial charge < -0.3 is 20.1 Å². The SMILES string of the molecule is Cc1cc(C)c(C(c2cc(F)ccc2F)N(C(=O)O)c2ccnc(Nc3ccc(OCC4CCCN(C)C4)c(F)c3)n2)c(C)c1. The van der Waals surface area contributed by atoms with E-state index in [0.29, 0.717) is 34.9 Å². The number of ether oxygens (including phenoxy) is 1. The first kappa shape index (κ1) is 31.8. The zero-order valence-corrected chi connectivity index (χ0v) is 25.7. The van der Waals surface area contributed by atoms with Crippen LogP contribution in [0.4, 0.5) is 35.4 Å². The van der Waals surface area contributed by atoms with Crippen molar-refractivity contribution in [2.24, 2.45) is 5.92 Å². The number of halogens is 3. The first-order valence-corrected chi connectivity index (χ1v) is 14.8. The number of hydrogen-bond donors (Lipinski definition) is 2. The van der Waals surface area contributed by atoms with Crippen LogP contribution in [0.1, 0.15) is 46.7 Å². The van der Waals surface area contributed by atoms with Crippen LogP contribution in [0.15, 0.2) is 60.8 Å². The molecule has 236 valence electrons. The quantitative estimate of drug-likeness (QED) is 0.200. The lowest BCUT2D eigenvalue weighted by molar-refractivity contribution is 0.147. The lowest BCUT2D eigenvalue weighted by atomic mass is 9.88. The molecule has 45 heavy (non-hydrogen) atoms. The van der Waals surface area contributed by atoms with E-state index in [9.17, 15) is 18.7 Å². The lowest BCUT2D eigenvalue weighted by Gasteiger charge is -2.32. The number of aryl methyl sites for hydroxylation is 3. The summed E-state index contributed by atoms with van der Waals surface area (Å²) in [4.78, 5) is 24.6. The normalized spacial score (nSPS) is 15.8. The minimum atomic E-state index is -1.44. The molecule has 1 aromatic heterocycles. The third-order valence-electron chi connectivity index (χ3n) is 8.00. The van der Waals surface area contributed by atoms with Crippen molar-refractivity contribution >= 4 is 23.5 Å². The van der Waals surface area contributed by atoms with E-state index in [0.717, 1.165) is 54.6 Å². The maximum atomic E-state index is 15.3. The van der Waals surface area contributed by atoms with Gasteiger partial charge in [0.2, 0.25) is 5.95 Å². The van der Waals surface area contributed by atoms with Gasteiger partial charge in [-0.3, -0.25) is 0 Å². The number of piperidine rings is 1. The van der Waals surface area contributed by atoms with Crippen molar-refractivity contribution in [3.63, 3.8) is 0 Å². The van der Waals surface area contributed by atoms with Gasteiger partial charge in [-0.1, -0.05) is 17.7 Å². The number of nitrogens with zero attached hydrogens (tertiary/aromatic N) is 4. The molecule has 11 heteroatoms. The number of nitrogens with one attached hydrogen (secondary N) is 1. The molecule has 3 aromatic carbocycles. The molecule has 1 saturated heterocycles. The Hall–Kier alpha value is -4.64. The second kappa shape index (κ2) is 13.6. The predicted octanol–water partition coefficient (Wildman–Crippen LogP) is 7.56. The molecular weight excluding hydrogens is 583 g/mol. The molecule has 4 aromatic rings. The minimum Gasteiger partial charge on any atom is -0.490 e. The van der Waals surface area contributed by atoms with Crippen molar-refractivity contribution in [3.8, 4) is 5.75 Å². The first-order chi connectivity index (χ1) is 21.5. The second-order valence-electron chi connectivity index (χ2n) is 11.6. The number of carbonyl (C=O) groups is 1. The maximum Gasteiger partial charge on any atom is 0.413 e. The highest BCUT2D eigenvalue weighted by molar-refractivity contribution is 5.87. The smallest absolute Gasteiger partial charge is 0.413 e. The van der Waals surface area contributed by atoms with Crippen LogP contribution in [-0.2, 0) is 0 Å². The second-order valence-corrected chi connectivity index (χ2v) is 11.6. The summed E-state index contributed by atoms with van der Waals surface area (Å²) in [6.07, 6.45) is 2.01. The highest BCUT2D eigenvalue weighted by atomic mass is 19.1. The van der Waals surface area contributed by atoms with Gasteiger partial charge in [-0.25, -0.2) is 27.8 Å². The van der Waals surface area contributed by atoms with E-state index in [1.54, 1.807) is 19.9 Å². The molecule has 1 fully saturated rings. The van der Waals surface area contributed by atoms with Gasteiger partial charge in [0.25, 0.3) is 0 Å². The van der Waals surface area contributed by atoms with Gasteiger partial charge in [0.05, 0.1) is 12.6 Å². The van der Waals surface area contributed by atoms with Gasteiger partial charge in [-0.05, 0) is 100 Å². The summed E-state index contributed by atoms with van der Waals surface area (Å²) < 4.78 is 50.6. The largest absolute Gasteiger partial charge is 0.490 e. The third kappa shape index (κ3) is 7.37. The molecule has 0 radical (unpaired) electrons. The van der Waals surface area contributed by atoms with Crippen LogP contribution >= 0.6 is 0 Å². The Morgan fingerprint density at radius 2 is 1.82 bits per heavy atom. The molecule has 2 atom stereocenters. The molecule has 2 N–H and O–H groups in total. The van der Waals surface area contributed by atoms with Crippen molar-refractivity contribution in [1.29, 1.82) is 0 Å². The molecule has 5 rings (SSSR count). The number of aromatic nitrogens is 2. The fraction of sp³-hybridized carbons (Fsp3) is 0.324. The molecule has 0 spiro atoms. The number of rotatable bonds is 9. The van der Waals surface area contributed by atoms with Crippen LogP contribution in [0, 0.1) is 44.1 Å². The van der Waals surface area contributed by atoms with E-state index in [-0.39, 0.29) is 23.1 Å². The Balaban J connectivity index is 1.45. The van der Waals surface area contributed by atoms with E-state index in [1.807, 2.05) is 19.1 Å². The highest BCUT2D eigenvalue weighted by Crippen LogP contribution is 2.38. The molecule has 1 aliphatic rings. The number of anilines is 3. The molecule has 8 nitrogen and oxygen atoms in total. The summed E-state index contributed by atoms with van der Waals surface area (Å²) >= 11 is 0. The molecule has 0 aliphatic carbocycles. The number of likely N-dealkylation sites (tertiary alicyclic amines) is 1. The summed E-state index contributed by atoms with van der Waals surface area (Å²) in [5.74, 6) is -1.71. The van der Waals surface area contributed by atoms with Crippen molar-refractivity contribution in [1.82, 2.24) is 14.9 Å². The topological polar surface area (TPSA) is 90.8 Å². The molecule has 1 amide bonds. The van der Waals surface area contributed by atoms with Crippen LogP contribution in [0.5, 0.6) is 5.75 Å². The summed E-state index contributed by atoms with van der Waals surface area (Å²) in [5.41, 5.74) is 2.99. The third-order valence-corrected chi connectivity index (χ3v) is 8.00. The van der Waals surface area contributed by atoms with Gasteiger partial charge in [-0.15, -0.1) is 0 Å². The maximum absolute atomic E-state index is 15.3. The molecule has 2 unspecified atom stereocenters. The Labute approximate surface area is 260 Å². The molecular formula is C34H36F3N5O3. The van der Waals surface area contributed by atoms with Crippen LogP contribution in [0.2, 0.25) is 0 Å². The van der Waals surface area contributed by atoms with E-state index < -0.39 is 29.6 Å². The number of carboxylic acid groups (broad SMARTS) is 1. The zero-order chi connectivity index (χ0) is 32.2. The van der Waals surface area contributed by atoms with E-state index in [4.69, 9.17) is 4.74 Å². The monoisotopic (exact) mass is 619 g/mol. The van der Waals surface area contributed by atoms with Crippen LogP contribution in [-0.4, -0.2) is 52.8 Å². The Kier molecular flexibility index (Phi) is 9.57. The predicted molar refractivity (Wildman–Crippen MR) is 167 cm³/mol. The van der Waals surface area contributed by atoms with Crippen LogP contribution in [0.25, 0.3) is 0 Å². The number of benzene rings is 3. The summed E-state index contributed by atoms with van der Waals surface area (Å²) in [7, 11) is 2.06. The van der Waals surface area contributed by atoms with Crippen molar-refractivity contribution < 1.29 is 27.8 Å². The molecule has 0 bridgehead atoms. The van der Waals surface area contributed by atoms with Crippen molar-refractivity contribution in [2.45, 2.75) is 39.7 Å². The summed E-state index contributed by atoms with van der Waals surface area (Å²) in [6, 6.07) is 11.1. The van der Waals surface area contributed by atoms with Gasteiger partial charge in [0.1, 0.15) is 17.5 Å². The Morgan fingerprint density at radius 1 is 1.07 bits per heavy atom. The highest BCUT2D eigenvalue weighted by Gasteiger charge is 2.34. The zero-order valence-electron chi connectivity index (χ0n) is 25.7. The average Bonchev–Trinajstić information content (AvgIpc) is 2.97. The first-order valence-electron chi connectivity index (χ1n) is 14.8. The Morgan fingerprint density at radius 3 is 2.51 bits per heavy atom. The van der Waals surface area contributed by atoms with E-state index in [1.165, 1.54) is 24.4 Å². The standard InChI is InChI=1S/C34H36F3N5O3/c1-20-14-21(2)31(22(3)15-20)32(26-16-24(35)7-9-27(26)36)42(34(43)44)30-11-12-38-33(40-30)39-25-8-10-29(28(37)17-25)45-19-23-6-5-13-41(4)18-23/h7-12,14-17,23,32H,5-6,13,18-19H2,1-4H3,(H,43,44)(H,38,39,40). The Bertz CT molecular complexity index is 1680.